The Morgan fingerprint density at radius 2 is 2.05 bits per heavy atom. The average Bonchev–Trinajstić information content (AvgIpc) is 2.42. The third kappa shape index (κ3) is 5.11. The van der Waals surface area contributed by atoms with Crippen molar-refractivity contribution < 1.29 is 9.13 Å². The number of rotatable bonds is 6. The lowest BCUT2D eigenvalue weighted by Crippen LogP contribution is -2.32. The van der Waals surface area contributed by atoms with E-state index in [0.29, 0.717) is 22.9 Å². The molecule has 1 aromatic rings. The first-order chi connectivity index (χ1) is 9.25. The zero-order valence-corrected chi connectivity index (χ0v) is 12.7. The molecule has 0 radical (unpaired) electrons. The molecule has 106 valence electrons. The molecule has 0 aromatic heterocycles. The zero-order valence-electron chi connectivity index (χ0n) is 11.1. The maximum Gasteiger partial charge on any atom is 0.133 e. The lowest BCUT2D eigenvalue weighted by Gasteiger charge is -2.22. The van der Waals surface area contributed by atoms with Crippen LogP contribution in [0, 0.1) is 5.82 Å². The molecule has 0 bridgehead atoms. The molecule has 2 nitrogen and oxygen atoms in total. The van der Waals surface area contributed by atoms with Crippen molar-refractivity contribution in [2.24, 2.45) is 0 Å². The quantitative estimate of drug-likeness (QED) is 0.786. The van der Waals surface area contributed by atoms with Crippen LogP contribution in [0.3, 0.4) is 0 Å². The van der Waals surface area contributed by atoms with E-state index in [9.17, 15) is 4.39 Å². The SMILES string of the molecule is Fc1ccc(OCCCNC2CCCCC2)c(Br)c1. The first-order valence-corrected chi connectivity index (χ1v) is 7.86. The normalized spacial score (nSPS) is 16.5. The van der Waals surface area contributed by atoms with Crippen molar-refractivity contribution in [2.75, 3.05) is 13.2 Å². The Kier molecular flexibility index (Phi) is 6.11. The number of halogens is 2. The van der Waals surface area contributed by atoms with Crippen molar-refractivity contribution in [3.05, 3.63) is 28.5 Å². The summed E-state index contributed by atoms with van der Waals surface area (Å²) in [5.74, 6) is 0.456. The van der Waals surface area contributed by atoms with E-state index in [0.717, 1.165) is 13.0 Å². The lowest BCUT2D eigenvalue weighted by atomic mass is 9.95. The van der Waals surface area contributed by atoms with Gasteiger partial charge in [0.25, 0.3) is 0 Å². The van der Waals surface area contributed by atoms with Gasteiger partial charge in [-0.2, -0.15) is 0 Å². The van der Waals surface area contributed by atoms with Gasteiger partial charge in [0.15, 0.2) is 0 Å². The second kappa shape index (κ2) is 7.85. The molecule has 4 heteroatoms. The number of benzene rings is 1. The van der Waals surface area contributed by atoms with Crippen LogP contribution in [0.15, 0.2) is 22.7 Å². The monoisotopic (exact) mass is 329 g/mol. The van der Waals surface area contributed by atoms with Crippen molar-refractivity contribution in [2.45, 2.75) is 44.6 Å². The maximum absolute atomic E-state index is 12.9. The summed E-state index contributed by atoms with van der Waals surface area (Å²) in [6, 6.07) is 5.20. The molecular weight excluding hydrogens is 309 g/mol. The van der Waals surface area contributed by atoms with E-state index in [2.05, 4.69) is 21.2 Å². The Labute approximate surface area is 122 Å². The molecule has 0 spiro atoms. The topological polar surface area (TPSA) is 21.3 Å². The van der Waals surface area contributed by atoms with Crippen LogP contribution in [0.1, 0.15) is 38.5 Å². The molecule has 1 aromatic carbocycles. The standard InChI is InChI=1S/C15H21BrFNO/c16-14-11-12(17)7-8-15(14)19-10-4-9-18-13-5-2-1-3-6-13/h7-8,11,13,18H,1-6,9-10H2. The molecule has 0 amide bonds. The van der Waals surface area contributed by atoms with E-state index in [1.165, 1.54) is 44.2 Å². The van der Waals surface area contributed by atoms with E-state index < -0.39 is 0 Å². The van der Waals surface area contributed by atoms with Crippen molar-refractivity contribution in [3.63, 3.8) is 0 Å². The summed E-state index contributed by atoms with van der Waals surface area (Å²) in [6.45, 7) is 1.65. The predicted octanol–water partition coefficient (Wildman–Crippen LogP) is 4.28. The summed E-state index contributed by atoms with van der Waals surface area (Å²) >= 11 is 3.30. The maximum atomic E-state index is 12.9. The number of ether oxygens (including phenoxy) is 1. The van der Waals surface area contributed by atoms with Crippen LogP contribution >= 0.6 is 15.9 Å². The molecule has 0 saturated heterocycles. The minimum atomic E-state index is -0.252. The van der Waals surface area contributed by atoms with Gasteiger partial charge in [-0.15, -0.1) is 0 Å². The first-order valence-electron chi connectivity index (χ1n) is 7.07. The van der Waals surface area contributed by atoms with Gasteiger partial charge in [-0.3, -0.25) is 0 Å². The molecule has 2 rings (SSSR count). The van der Waals surface area contributed by atoms with Gasteiger partial charge in [-0.05, 0) is 59.9 Å². The molecule has 0 unspecified atom stereocenters. The average molecular weight is 330 g/mol. The van der Waals surface area contributed by atoms with E-state index in [1.54, 1.807) is 6.07 Å². The Hall–Kier alpha value is -0.610. The highest BCUT2D eigenvalue weighted by Gasteiger charge is 2.11. The highest BCUT2D eigenvalue weighted by atomic mass is 79.9. The van der Waals surface area contributed by atoms with Gasteiger partial charge in [0.1, 0.15) is 11.6 Å². The van der Waals surface area contributed by atoms with Gasteiger partial charge in [0.05, 0.1) is 11.1 Å². The van der Waals surface area contributed by atoms with Crippen LogP contribution in [0.4, 0.5) is 4.39 Å². The van der Waals surface area contributed by atoms with E-state index in [4.69, 9.17) is 4.74 Å². The molecule has 0 atom stereocenters. The molecule has 1 N–H and O–H groups in total. The van der Waals surface area contributed by atoms with Crippen LogP contribution in [0.2, 0.25) is 0 Å². The largest absolute Gasteiger partial charge is 0.492 e. The molecule has 1 saturated carbocycles. The van der Waals surface area contributed by atoms with Gasteiger partial charge < -0.3 is 10.1 Å². The molecule has 1 aliphatic rings. The van der Waals surface area contributed by atoms with Gasteiger partial charge in [0, 0.05) is 6.04 Å². The second-order valence-electron chi connectivity index (χ2n) is 5.07. The Morgan fingerprint density at radius 3 is 2.79 bits per heavy atom. The van der Waals surface area contributed by atoms with Crippen molar-refractivity contribution in [1.82, 2.24) is 5.32 Å². The summed E-state index contributed by atoms with van der Waals surface area (Å²) in [5.41, 5.74) is 0. The summed E-state index contributed by atoms with van der Waals surface area (Å²) < 4.78 is 19.2. The summed E-state index contributed by atoms with van der Waals surface area (Å²) in [4.78, 5) is 0. The fraction of sp³-hybridized carbons (Fsp3) is 0.600. The van der Waals surface area contributed by atoms with Crippen molar-refractivity contribution >= 4 is 15.9 Å². The summed E-state index contributed by atoms with van der Waals surface area (Å²) in [5, 5.41) is 3.58. The van der Waals surface area contributed by atoms with Crippen LogP contribution in [0.5, 0.6) is 5.75 Å². The molecule has 1 fully saturated rings. The van der Waals surface area contributed by atoms with Gasteiger partial charge >= 0.3 is 0 Å². The lowest BCUT2D eigenvalue weighted by molar-refractivity contribution is 0.295. The minimum Gasteiger partial charge on any atom is -0.492 e. The fourth-order valence-electron chi connectivity index (χ4n) is 2.46. The smallest absolute Gasteiger partial charge is 0.133 e. The van der Waals surface area contributed by atoms with E-state index >= 15 is 0 Å². The Morgan fingerprint density at radius 1 is 1.26 bits per heavy atom. The van der Waals surface area contributed by atoms with Crippen molar-refractivity contribution in [1.29, 1.82) is 0 Å². The number of hydrogen-bond donors (Lipinski definition) is 1. The number of hydrogen-bond acceptors (Lipinski definition) is 2. The Balaban J connectivity index is 1.61. The number of nitrogens with one attached hydrogen (secondary N) is 1. The fourth-order valence-corrected chi connectivity index (χ4v) is 2.92. The summed E-state index contributed by atoms with van der Waals surface area (Å²) in [6.07, 6.45) is 7.70. The first kappa shape index (κ1) is 14.8. The molecular formula is C15H21BrFNO. The minimum absolute atomic E-state index is 0.252. The summed E-state index contributed by atoms with van der Waals surface area (Å²) in [7, 11) is 0. The van der Waals surface area contributed by atoms with E-state index in [-0.39, 0.29) is 5.82 Å². The third-order valence-electron chi connectivity index (χ3n) is 3.51. The molecule has 1 aliphatic carbocycles. The van der Waals surface area contributed by atoms with Gasteiger partial charge in [-0.1, -0.05) is 19.3 Å². The zero-order chi connectivity index (χ0) is 13.5. The Bertz CT molecular complexity index is 394. The van der Waals surface area contributed by atoms with Crippen molar-refractivity contribution in [3.8, 4) is 5.75 Å². The van der Waals surface area contributed by atoms with Crippen LogP contribution < -0.4 is 10.1 Å². The van der Waals surface area contributed by atoms with Crippen LogP contribution in [-0.4, -0.2) is 19.2 Å². The molecule has 0 heterocycles. The molecule has 0 aliphatic heterocycles. The molecule has 19 heavy (non-hydrogen) atoms. The van der Waals surface area contributed by atoms with Crippen LogP contribution in [-0.2, 0) is 0 Å². The highest BCUT2D eigenvalue weighted by Crippen LogP contribution is 2.25. The third-order valence-corrected chi connectivity index (χ3v) is 4.13. The predicted molar refractivity (Wildman–Crippen MR) is 79.1 cm³/mol. The van der Waals surface area contributed by atoms with Gasteiger partial charge in [0.2, 0.25) is 0 Å². The van der Waals surface area contributed by atoms with Crippen LogP contribution in [0.25, 0.3) is 0 Å². The second-order valence-corrected chi connectivity index (χ2v) is 5.92. The van der Waals surface area contributed by atoms with E-state index in [1.807, 2.05) is 0 Å². The highest BCUT2D eigenvalue weighted by molar-refractivity contribution is 9.10. The van der Waals surface area contributed by atoms with Gasteiger partial charge in [-0.25, -0.2) is 4.39 Å².